The molecule has 0 heterocycles. The van der Waals surface area contributed by atoms with E-state index < -0.39 is 0 Å². The van der Waals surface area contributed by atoms with Gasteiger partial charge in [-0.15, -0.1) is 0 Å². The maximum atomic E-state index is 11.5. The molecular weight excluding hydrogens is 194 g/mol. The van der Waals surface area contributed by atoms with Gasteiger partial charge in [0.05, 0.1) is 6.54 Å². The number of carbonyl (C=O) groups is 2. The summed E-state index contributed by atoms with van der Waals surface area (Å²) in [5.41, 5.74) is 0. The molecule has 0 spiro atoms. The molecule has 0 aliphatic carbocycles. The summed E-state index contributed by atoms with van der Waals surface area (Å²) in [6, 6.07) is 0. The SMILES string of the molecule is C=NN(CCN(C)C)C(=O)CCC(C)=O. The molecule has 0 fully saturated rings. The molecule has 0 aromatic rings. The predicted octanol–water partition coefficient (Wildman–Crippen LogP) is 0.361. The maximum absolute atomic E-state index is 11.5. The second kappa shape index (κ2) is 7.11. The van der Waals surface area contributed by atoms with Crippen LogP contribution in [0.25, 0.3) is 0 Å². The summed E-state index contributed by atoms with van der Waals surface area (Å²) in [6.45, 7) is 6.04. The van der Waals surface area contributed by atoms with Crippen molar-refractivity contribution in [3.05, 3.63) is 0 Å². The van der Waals surface area contributed by atoms with Crippen molar-refractivity contribution in [3.63, 3.8) is 0 Å². The Balaban J connectivity index is 3.99. The molecule has 1 amide bonds. The van der Waals surface area contributed by atoms with Gasteiger partial charge in [-0.05, 0) is 21.0 Å². The Morgan fingerprint density at radius 2 is 1.80 bits per heavy atom. The van der Waals surface area contributed by atoms with Crippen LogP contribution in [-0.4, -0.2) is 55.5 Å². The summed E-state index contributed by atoms with van der Waals surface area (Å²) in [6.07, 6.45) is 0.481. The van der Waals surface area contributed by atoms with Crippen LogP contribution in [0.15, 0.2) is 5.10 Å². The Hall–Kier alpha value is -1.23. The molecule has 0 saturated heterocycles. The van der Waals surface area contributed by atoms with Gasteiger partial charge in [-0.2, -0.15) is 5.10 Å². The molecule has 0 rings (SSSR count). The van der Waals surface area contributed by atoms with Crippen molar-refractivity contribution in [1.82, 2.24) is 9.91 Å². The monoisotopic (exact) mass is 213 g/mol. The molecule has 86 valence electrons. The van der Waals surface area contributed by atoms with Gasteiger partial charge in [-0.25, -0.2) is 5.01 Å². The van der Waals surface area contributed by atoms with Crippen LogP contribution in [0.2, 0.25) is 0 Å². The standard InChI is InChI=1S/C10H19N3O2/c1-9(14)5-6-10(15)13(11-2)8-7-12(3)4/h2,5-8H2,1,3-4H3. The van der Waals surface area contributed by atoms with Gasteiger partial charge in [0.1, 0.15) is 5.78 Å². The Morgan fingerprint density at radius 1 is 1.20 bits per heavy atom. The van der Waals surface area contributed by atoms with E-state index >= 15 is 0 Å². The van der Waals surface area contributed by atoms with Crippen molar-refractivity contribution < 1.29 is 9.59 Å². The summed E-state index contributed by atoms with van der Waals surface area (Å²) in [5, 5.41) is 4.94. The minimum Gasteiger partial charge on any atom is -0.308 e. The highest BCUT2D eigenvalue weighted by Crippen LogP contribution is 1.99. The first kappa shape index (κ1) is 13.8. The van der Waals surface area contributed by atoms with Gasteiger partial charge >= 0.3 is 0 Å². The minimum absolute atomic E-state index is 0.0139. The zero-order valence-electron chi connectivity index (χ0n) is 9.69. The number of amides is 1. The third-order valence-electron chi connectivity index (χ3n) is 1.91. The second-order valence-corrected chi connectivity index (χ2v) is 3.66. The van der Waals surface area contributed by atoms with Gasteiger partial charge in [0.2, 0.25) is 5.91 Å². The van der Waals surface area contributed by atoms with Gasteiger partial charge in [0.25, 0.3) is 0 Å². The van der Waals surface area contributed by atoms with Crippen molar-refractivity contribution in [2.45, 2.75) is 19.8 Å². The smallest absolute Gasteiger partial charge is 0.243 e. The van der Waals surface area contributed by atoms with E-state index in [1.165, 1.54) is 11.9 Å². The van der Waals surface area contributed by atoms with Crippen molar-refractivity contribution in [1.29, 1.82) is 0 Å². The molecule has 0 N–H and O–H groups in total. The average molecular weight is 213 g/mol. The fourth-order valence-corrected chi connectivity index (χ4v) is 0.981. The molecule has 0 unspecified atom stereocenters. The molecule has 0 aliphatic heterocycles. The summed E-state index contributed by atoms with van der Waals surface area (Å²) in [4.78, 5) is 24.2. The van der Waals surface area contributed by atoms with Crippen LogP contribution in [0.4, 0.5) is 0 Å². The molecular formula is C10H19N3O2. The van der Waals surface area contributed by atoms with E-state index in [2.05, 4.69) is 11.8 Å². The van der Waals surface area contributed by atoms with Gasteiger partial charge in [0, 0.05) is 26.1 Å². The average Bonchev–Trinajstić information content (AvgIpc) is 2.15. The Kier molecular flexibility index (Phi) is 6.53. The first-order valence-corrected chi connectivity index (χ1v) is 4.88. The van der Waals surface area contributed by atoms with Crippen molar-refractivity contribution in [2.24, 2.45) is 5.10 Å². The van der Waals surface area contributed by atoms with Gasteiger partial charge in [0.15, 0.2) is 0 Å². The lowest BCUT2D eigenvalue weighted by molar-refractivity contribution is -0.133. The highest BCUT2D eigenvalue weighted by molar-refractivity contribution is 5.83. The first-order chi connectivity index (χ1) is 6.97. The largest absolute Gasteiger partial charge is 0.308 e. The maximum Gasteiger partial charge on any atom is 0.243 e. The van der Waals surface area contributed by atoms with E-state index in [1.807, 2.05) is 19.0 Å². The molecule has 0 atom stereocenters. The van der Waals surface area contributed by atoms with E-state index in [0.717, 1.165) is 6.54 Å². The molecule has 0 aromatic heterocycles. The Morgan fingerprint density at radius 3 is 2.20 bits per heavy atom. The minimum atomic E-state index is -0.151. The molecule has 5 nitrogen and oxygen atoms in total. The summed E-state index contributed by atoms with van der Waals surface area (Å²) >= 11 is 0. The van der Waals surface area contributed by atoms with Crippen LogP contribution in [0.5, 0.6) is 0 Å². The summed E-state index contributed by atoms with van der Waals surface area (Å²) < 4.78 is 0. The lowest BCUT2D eigenvalue weighted by Crippen LogP contribution is -2.32. The van der Waals surface area contributed by atoms with Crippen LogP contribution in [-0.2, 0) is 9.59 Å². The second-order valence-electron chi connectivity index (χ2n) is 3.66. The van der Waals surface area contributed by atoms with Crippen LogP contribution in [0.3, 0.4) is 0 Å². The number of hydrogen-bond donors (Lipinski definition) is 0. The van der Waals surface area contributed by atoms with Crippen molar-refractivity contribution in [2.75, 3.05) is 27.2 Å². The van der Waals surface area contributed by atoms with E-state index in [-0.39, 0.29) is 24.5 Å². The number of likely N-dealkylation sites (N-methyl/N-ethyl adjacent to an activating group) is 1. The number of hydrazone groups is 1. The Bertz CT molecular complexity index is 239. The normalized spacial score (nSPS) is 10.1. The molecule has 5 heteroatoms. The molecule has 0 saturated carbocycles. The van der Waals surface area contributed by atoms with Crippen LogP contribution in [0, 0.1) is 0 Å². The third-order valence-corrected chi connectivity index (χ3v) is 1.91. The fourth-order valence-electron chi connectivity index (χ4n) is 0.981. The molecule has 0 aliphatic rings. The zero-order chi connectivity index (χ0) is 11.8. The van der Waals surface area contributed by atoms with Crippen LogP contribution < -0.4 is 0 Å². The number of ketones is 1. The number of Topliss-reactive ketones (excluding diaryl/α,β-unsaturated/α-hetero) is 1. The van der Waals surface area contributed by atoms with E-state index in [1.54, 1.807) is 0 Å². The molecule has 15 heavy (non-hydrogen) atoms. The number of hydrogen-bond acceptors (Lipinski definition) is 4. The summed E-state index contributed by atoms with van der Waals surface area (Å²) in [5.74, 6) is -0.137. The number of nitrogens with zero attached hydrogens (tertiary/aromatic N) is 3. The van der Waals surface area contributed by atoms with Crippen LogP contribution in [0.1, 0.15) is 19.8 Å². The van der Waals surface area contributed by atoms with Crippen molar-refractivity contribution >= 4 is 18.4 Å². The van der Waals surface area contributed by atoms with Gasteiger partial charge in [-0.3, -0.25) is 4.79 Å². The van der Waals surface area contributed by atoms with E-state index in [0.29, 0.717) is 6.54 Å². The lowest BCUT2D eigenvalue weighted by Gasteiger charge is -2.18. The lowest BCUT2D eigenvalue weighted by atomic mass is 10.2. The van der Waals surface area contributed by atoms with E-state index in [4.69, 9.17) is 0 Å². The first-order valence-electron chi connectivity index (χ1n) is 4.88. The van der Waals surface area contributed by atoms with Crippen LogP contribution >= 0.6 is 0 Å². The molecule has 0 bridgehead atoms. The van der Waals surface area contributed by atoms with Gasteiger partial charge in [-0.1, -0.05) is 0 Å². The zero-order valence-corrected chi connectivity index (χ0v) is 9.69. The fraction of sp³-hybridized carbons (Fsp3) is 0.700. The summed E-state index contributed by atoms with van der Waals surface area (Å²) in [7, 11) is 3.84. The molecule has 0 radical (unpaired) electrons. The quantitative estimate of drug-likeness (QED) is 0.453. The number of carbonyl (C=O) groups excluding carboxylic acids is 2. The highest BCUT2D eigenvalue weighted by atomic mass is 16.2. The van der Waals surface area contributed by atoms with Gasteiger partial charge < -0.3 is 9.69 Å². The highest BCUT2D eigenvalue weighted by Gasteiger charge is 2.12. The Labute approximate surface area is 90.7 Å². The number of rotatable bonds is 7. The predicted molar refractivity (Wildman–Crippen MR) is 59.7 cm³/mol. The molecule has 0 aromatic carbocycles. The van der Waals surface area contributed by atoms with E-state index in [9.17, 15) is 9.59 Å². The topological polar surface area (TPSA) is 53.0 Å². The van der Waals surface area contributed by atoms with Crippen molar-refractivity contribution in [3.8, 4) is 0 Å². The third kappa shape index (κ3) is 6.79.